The number of rotatable bonds is 3. The Labute approximate surface area is 132 Å². The maximum absolute atomic E-state index is 5.62. The Kier molecular flexibility index (Phi) is 4.59. The summed E-state index contributed by atoms with van der Waals surface area (Å²) in [5.74, 6) is 0.949. The zero-order chi connectivity index (χ0) is 15.4. The molecule has 3 rings (SSSR count). The summed E-state index contributed by atoms with van der Waals surface area (Å²) in [7, 11) is 1.75. The minimum absolute atomic E-state index is 0.949. The van der Waals surface area contributed by atoms with E-state index in [1.54, 1.807) is 7.11 Å². The van der Waals surface area contributed by atoms with Gasteiger partial charge in [0, 0.05) is 5.56 Å². The highest BCUT2D eigenvalue weighted by Gasteiger charge is 2.17. The van der Waals surface area contributed by atoms with Gasteiger partial charge in [0.05, 0.1) is 7.11 Å². The first-order chi connectivity index (χ1) is 10.8. The standard InChI is InChI=1S/C20H23NO/c1-15-6-5-7-17(14-15)20(16-10-12-21-13-11-16)18-8-3-4-9-19(18)22-2/h3-9,14,21H,10-13H2,1-2H3. The van der Waals surface area contributed by atoms with Crippen molar-refractivity contribution in [1.29, 1.82) is 0 Å². The van der Waals surface area contributed by atoms with Gasteiger partial charge in [-0.15, -0.1) is 0 Å². The highest BCUT2D eigenvalue weighted by atomic mass is 16.5. The first-order valence-corrected chi connectivity index (χ1v) is 7.93. The molecule has 2 aromatic rings. The molecule has 1 aliphatic heterocycles. The molecule has 0 spiro atoms. The van der Waals surface area contributed by atoms with Gasteiger partial charge in [0.25, 0.3) is 0 Å². The normalized spacial score (nSPS) is 14.7. The summed E-state index contributed by atoms with van der Waals surface area (Å²) in [4.78, 5) is 0. The largest absolute Gasteiger partial charge is 0.496 e. The first kappa shape index (κ1) is 14.9. The summed E-state index contributed by atoms with van der Waals surface area (Å²) >= 11 is 0. The summed E-state index contributed by atoms with van der Waals surface area (Å²) in [5, 5.41) is 3.45. The van der Waals surface area contributed by atoms with Crippen molar-refractivity contribution in [2.24, 2.45) is 0 Å². The van der Waals surface area contributed by atoms with Crippen LogP contribution >= 0.6 is 0 Å². The fourth-order valence-electron chi connectivity index (χ4n) is 3.18. The summed E-state index contributed by atoms with van der Waals surface area (Å²) in [6.07, 6.45) is 2.20. The Morgan fingerprint density at radius 1 is 1.00 bits per heavy atom. The third-order valence-corrected chi connectivity index (χ3v) is 4.24. The highest BCUT2D eigenvalue weighted by molar-refractivity contribution is 5.85. The number of benzene rings is 2. The van der Waals surface area contributed by atoms with Gasteiger partial charge in [-0.2, -0.15) is 0 Å². The maximum atomic E-state index is 5.62. The molecule has 0 amide bonds. The Bertz CT molecular complexity index is 680. The number of hydrogen-bond acceptors (Lipinski definition) is 2. The molecule has 0 radical (unpaired) electrons. The van der Waals surface area contributed by atoms with Crippen molar-refractivity contribution in [2.75, 3.05) is 20.2 Å². The second-order valence-electron chi connectivity index (χ2n) is 5.80. The van der Waals surface area contributed by atoms with Crippen LogP contribution in [0, 0.1) is 6.92 Å². The fraction of sp³-hybridized carbons (Fsp3) is 0.300. The van der Waals surface area contributed by atoms with Gasteiger partial charge in [0.15, 0.2) is 0 Å². The van der Waals surface area contributed by atoms with Gasteiger partial charge in [0.2, 0.25) is 0 Å². The van der Waals surface area contributed by atoms with Crippen LogP contribution in [0.1, 0.15) is 29.5 Å². The third kappa shape index (κ3) is 3.07. The second kappa shape index (κ2) is 6.80. The maximum Gasteiger partial charge on any atom is 0.126 e. The molecule has 2 heteroatoms. The van der Waals surface area contributed by atoms with Crippen molar-refractivity contribution in [3.8, 4) is 5.75 Å². The van der Waals surface area contributed by atoms with Crippen LogP contribution < -0.4 is 10.1 Å². The van der Waals surface area contributed by atoms with Crippen LogP contribution in [0.5, 0.6) is 5.75 Å². The molecule has 1 fully saturated rings. The summed E-state index contributed by atoms with van der Waals surface area (Å²) < 4.78 is 5.62. The molecule has 1 heterocycles. The Morgan fingerprint density at radius 2 is 1.77 bits per heavy atom. The number of para-hydroxylation sites is 1. The van der Waals surface area contributed by atoms with E-state index in [0.29, 0.717) is 0 Å². The predicted octanol–water partition coefficient (Wildman–Crippen LogP) is 4.19. The number of nitrogens with one attached hydrogen (secondary N) is 1. The van der Waals surface area contributed by atoms with E-state index in [4.69, 9.17) is 4.74 Å². The summed E-state index contributed by atoms with van der Waals surface area (Å²) in [6.45, 7) is 4.26. The van der Waals surface area contributed by atoms with Gasteiger partial charge >= 0.3 is 0 Å². The molecule has 22 heavy (non-hydrogen) atoms. The van der Waals surface area contributed by atoms with Gasteiger partial charge in [-0.05, 0) is 50.1 Å². The quantitative estimate of drug-likeness (QED) is 0.916. The SMILES string of the molecule is COc1ccccc1C(=C1CCNCC1)c1cccc(C)c1. The molecule has 0 saturated carbocycles. The summed E-state index contributed by atoms with van der Waals surface area (Å²) in [5.41, 5.74) is 6.66. The van der Waals surface area contributed by atoms with Crippen LogP contribution in [-0.4, -0.2) is 20.2 Å². The fourth-order valence-corrected chi connectivity index (χ4v) is 3.18. The number of ether oxygens (including phenoxy) is 1. The Morgan fingerprint density at radius 3 is 2.50 bits per heavy atom. The topological polar surface area (TPSA) is 21.3 Å². The van der Waals surface area contributed by atoms with Crippen molar-refractivity contribution in [1.82, 2.24) is 5.32 Å². The van der Waals surface area contributed by atoms with Gasteiger partial charge in [0.1, 0.15) is 5.75 Å². The third-order valence-electron chi connectivity index (χ3n) is 4.24. The van der Waals surface area contributed by atoms with Crippen LogP contribution in [0.2, 0.25) is 0 Å². The van der Waals surface area contributed by atoms with Crippen LogP contribution in [0.3, 0.4) is 0 Å². The lowest BCUT2D eigenvalue weighted by molar-refractivity contribution is 0.413. The lowest BCUT2D eigenvalue weighted by atomic mass is 9.88. The van der Waals surface area contributed by atoms with Gasteiger partial charge in [-0.1, -0.05) is 53.6 Å². The molecule has 1 N–H and O–H groups in total. The number of aryl methyl sites for hydroxylation is 1. The van der Waals surface area contributed by atoms with E-state index in [9.17, 15) is 0 Å². The van der Waals surface area contributed by atoms with E-state index in [-0.39, 0.29) is 0 Å². The molecule has 0 bridgehead atoms. The van der Waals surface area contributed by atoms with Crippen LogP contribution in [0.25, 0.3) is 5.57 Å². The second-order valence-corrected chi connectivity index (χ2v) is 5.80. The van der Waals surface area contributed by atoms with E-state index in [0.717, 1.165) is 31.7 Å². The van der Waals surface area contributed by atoms with Crippen molar-refractivity contribution in [2.45, 2.75) is 19.8 Å². The van der Waals surface area contributed by atoms with Crippen LogP contribution in [0.4, 0.5) is 0 Å². The first-order valence-electron chi connectivity index (χ1n) is 7.93. The highest BCUT2D eigenvalue weighted by Crippen LogP contribution is 2.36. The molecule has 1 aliphatic rings. The minimum Gasteiger partial charge on any atom is -0.496 e. The molecule has 0 aliphatic carbocycles. The smallest absolute Gasteiger partial charge is 0.126 e. The van der Waals surface area contributed by atoms with Gasteiger partial charge in [-0.25, -0.2) is 0 Å². The van der Waals surface area contributed by atoms with E-state index < -0.39 is 0 Å². The molecule has 2 aromatic carbocycles. The van der Waals surface area contributed by atoms with E-state index in [2.05, 4.69) is 48.6 Å². The molecule has 0 atom stereocenters. The average Bonchev–Trinajstić information content (AvgIpc) is 2.57. The molecule has 114 valence electrons. The molecular formula is C20H23NO. The zero-order valence-corrected chi connectivity index (χ0v) is 13.4. The Hall–Kier alpha value is -2.06. The number of methoxy groups -OCH3 is 1. The lowest BCUT2D eigenvalue weighted by Crippen LogP contribution is -2.24. The van der Waals surface area contributed by atoms with Crippen LogP contribution in [-0.2, 0) is 0 Å². The molecular weight excluding hydrogens is 270 g/mol. The van der Waals surface area contributed by atoms with E-state index in [1.165, 1.54) is 27.8 Å². The van der Waals surface area contributed by atoms with Gasteiger partial charge < -0.3 is 10.1 Å². The number of piperidine rings is 1. The van der Waals surface area contributed by atoms with Crippen molar-refractivity contribution in [3.05, 3.63) is 70.8 Å². The number of hydrogen-bond donors (Lipinski definition) is 1. The minimum atomic E-state index is 0.949. The van der Waals surface area contributed by atoms with E-state index in [1.807, 2.05) is 12.1 Å². The average molecular weight is 293 g/mol. The lowest BCUT2D eigenvalue weighted by Gasteiger charge is -2.22. The van der Waals surface area contributed by atoms with Crippen molar-refractivity contribution < 1.29 is 4.74 Å². The van der Waals surface area contributed by atoms with Gasteiger partial charge in [-0.3, -0.25) is 0 Å². The predicted molar refractivity (Wildman–Crippen MR) is 92.3 cm³/mol. The molecule has 1 saturated heterocycles. The van der Waals surface area contributed by atoms with Crippen molar-refractivity contribution in [3.63, 3.8) is 0 Å². The van der Waals surface area contributed by atoms with Crippen LogP contribution in [0.15, 0.2) is 54.1 Å². The monoisotopic (exact) mass is 293 g/mol. The summed E-state index contributed by atoms with van der Waals surface area (Å²) in [6, 6.07) is 17.1. The van der Waals surface area contributed by atoms with E-state index >= 15 is 0 Å². The molecule has 2 nitrogen and oxygen atoms in total. The Balaban J connectivity index is 2.19. The zero-order valence-electron chi connectivity index (χ0n) is 13.4. The molecule has 0 unspecified atom stereocenters. The van der Waals surface area contributed by atoms with Crippen molar-refractivity contribution >= 4 is 5.57 Å². The molecule has 0 aromatic heterocycles.